The Balaban J connectivity index is 1.35. The quantitative estimate of drug-likeness (QED) is 0.770. The Labute approximate surface area is 169 Å². The molecule has 0 saturated carbocycles. The fourth-order valence-corrected chi connectivity index (χ4v) is 3.47. The average molecular weight is 401 g/mol. The number of carbonyl (C=O) groups excluding carboxylic acids is 2. The third-order valence-electron chi connectivity index (χ3n) is 5.20. The fraction of sp³-hybridized carbons (Fsp3) is 0.364. The lowest BCUT2D eigenvalue weighted by molar-refractivity contribution is -0.120. The van der Waals surface area contributed by atoms with E-state index in [-0.39, 0.29) is 29.9 Å². The molecule has 1 saturated heterocycles. The number of nitrogens with one attached hydrogen (secondary N) is 2. The molecule has 2 aromatic carbocycles. The SMILES string of the molecule is O=C(Cc1ccccc1F)NCCC1CCN(C(=O)Nc2ccccc2F)CC1. The van der Waals surface area contributed by atoms with Crippen LogP contribution in [0.1, 0.15) is 24.8 Å². The summed E-state index contributed by atoms with van der Waals surface area (Å²) in [5.41, 5.74) is 0.566. The van der Waals surface area contributed by atoms with Crippen molar-refractivity contribution in [3.05, 3.63) is 65.7 Å². The standard InChI is InChI=1S/C22H25F2N3O2/c23-18-6-2-1-5-17(18)15-21(28)25-12-9-16-10-13-27(14-11-16)22(29)26-20-8-4-3-7-19(20)24/h1-8,16H,9-15H2,(H,25,28)(H,26,29). The van der Waals surface area contributed by atoms with Crippen molar-refractivity contribution in [3.63, 3.8) is 0 Å². The van der Waals surface area contributed by atoms with Crippen molar-refractivity contribution in [3.8, 4) is 0 Å². The van der Waals surface area contributed by atoms with Crippen molar-refractivity contribution in [1.29, 1.82) is 0 Å². The molecular weight excluding hydrogens is 376 g/mol. The van der Waals surface area contributed by atoms with E-state index in [1.165, 1.54) is 18.2 Å². The molecule has 2 N–H and O–H groups in total. The van der Waals surface area contributed by atoms with Gasteiger partial charge >= 0.3 is 6.03 Å². The van der Waals surface area contributed by atoms with Crippen molar-refractivity contribution in [1.82, 2.24) is 10.2 Å². The van der Waals surface area contributed by atoms with Crippen LogP contribution in [0.3, 0.4) is 0 Å². The van der Waals surface area contributed by atoms with Gasteiger partial charge in [0, 0.05) is 19.6 Å². The number of rotatable bonds is 6. The van der Waals surface area contributed by atoms with Crippen LogP contribution in [0, 0.1) is 17.6 Å². The van der Waals surface area contributed by atoms with E-state index in [4.69, 9.17) is 0 Å². The van der Waals surface area contributed by atoms with E-state index in [2.05, 4.69) is 10.6 Å². The lowest BCUT2D eigenvalue weighted by Crippen LogP contribution is -2.41. The number of piperidine rings is 1. The first-order valence-corrected chi connectivity index (χ1v) is 9.83. The highest BCUT2D eigenvalue weighted by molar-refractivity contribution is 5.89. The van der Waals surface area contributed by atoms with Crippen LogP contribution in [0.2, 0.25) is 0 Å². The molecule has 1 heterocycles. The molecule has 1 aliphatic heterocycles. The second-order valence-electron chi connectivity index (χ2n) is 7.25. The van der Waals surface area contributed by atoms with Gasteiger partial charge in [-0.15, -0.1) is 0 Å². The van der Waals surface area contributed by atoms with Crippen LogP contribution in [0.5, 0.6) is 0 Å². The summed E-state index contributed by atoms with van der Waals surface area (Å²) in [6, 6.07) is 12.0. The largest absolute Gasteiger partial charge is 0.356 e. The summed E-state index contributed by atoms with van der Waals surface area (Å²) < 4.78 is 27.2. The van der Waals surface area contributed by atoms with Crippen LogP contribution in [0.25, 0.3) is 0 Å². The molecule has 0 aliphatic carbocycles. The number of amides is 3. The molecule has 0 aromatic heterocycles. The summed E-state index contributed by atoms with van der Waals surface area (Å²) >= 11 is 0. The Morgan fingerprint density at radius 1 is 0.966 bits per heavy atom. The molecule has 2 aromatic rings. The maximum absolute atomic E-state index is 13.7. The summed E-state index contributed by atoms with van der Waals surface area (Å²) in [6.07, 6.45) is 2.49. The predicted molar refractivity (Wildman–Crippen MR) is 107 cm³/mol. The molecular formula is C22H25F2N3O2. The second-order valence-corrected chi connectivity index (χ2v) is 7.25. The minimum Gasteiger partial charge on any atom is -0.356 e. The lowest BCUT2D eigenvalue weighted by Gasteiger charge is -2.32. The Morgan fingerprint density at radius 3 is 2.31 bits per heavy atom. The van der Waals surface area contributed by atoms with E-state index in [9.17, 15) is 18.4 Å². The normalized spacial score (nSPS) is 14.5. The number of hydrogen-bond acceptors (Lipinski definition) is 2. The topological polar surface area (TPSA) is 61.4 Å². The monoisotopic (exact) mass is 401 g/mol. The average Bonchev–Trinajstić information content (AvgIpc) is 2.72. The summed E-state index contributed by atoms with van der Waals surface area (Å²) in [7, 11) is 0. The molecule has 1 aliphatic rings. The first-order chi connectivity index (χ1) is 14.0. The smallest absolute Gasteiger partial charge is 0.321 e. The highest BCUT2D eigenvalue weighted by Gasteiger charge is 2.23. The first-order valence-electron chi connectivity index (χ1n) is 9.83. The molecule has 0 unspecified atom stereocenters. The number of halogens is 2. The Morgan fingerprint density at radius 2 is 1.62 bits per heavy atom. The maximum Gasteiger partial charge on any atom is 0.321 e. The van der Waals surface area contributed by atoms with Crippen LogP contribution in [-0.2, 0) is 11.2 Å². The van der Waals surface area contributed by atoms with Gasteiger partial charge in [0.15, 0.2) is 0 Å². The van der Waals surface area contributed by atoms with Gasteiger partial charge in [0.2, 0.25) is 5.91 Å². The first kappa shape index (κ1) is 20.8. The van der Waals surface area contributed by atoms with Gasteiger partial charge in [0.05, 0.1) is 12.1 Å². The van der Waals surface area contributed by atoms with E-state index >= 15 is 0 Å². The Bertz CT molecular complexity index is 849. The van der Waals surface area contributed by atoms with Gasteiger partial charge in [-0.2, -0.15) is 0 Å². The number of hydrogen-bond donors (Lipinski definition) is 2. The third-order valence-corrected chi connectivity index (χ3v) is 5.20. The molecule has 3 rings (SSSR count). The zero-order valence-electron chi connectivity index (χ0n) is 16.2. The van der Waals surface area contributed by atoms with Crippen LogP contribution in [0.4, 0.5) is 19.3 Å². The van der Waals surface area contributed by atoms with Gasteiger partial charge in [0.1, 0.15) is 11.6 Å². The molecule has 1 fully saturated rings. The molecule has 0 spiro atoms. The van der Waals surface area contributed by atoms with Gasteiger partial charge in [0.25, 0.3) is 0 Å². The van der Waals surface area contributed by atoms with Gasteiger partial charge in [-0.25, -0.2) is 13.6 Å². The maximum atomic E-state index is 13.7. The van der Waals surface area contributed by atoms with Gasteiger partial charge < -0.3 is 15.5 Å². The number of benzene rings is 2. The molecule has 5 nitrogen and oxygen atoms in total. The summed E-state index contributed by atoms with van der Waals surface area (Å²) in [4.78, 5) is 26.0. The summed E-state index contributed by atoms with van der Waals surface area (Å²) in [5, 5.41) is 5.44. The van der Waals surface area contributed by atoms with E-state index in [1.54, 1.807) is 35.2 Å². The van der Waals surface area contributed by atoms with Crippen LogP contribution in [0.15, 0.2) is 48.5 Å². The molecule has 154 valence electrons. The number of carbonyl (C=O) groups is 2. The molecule has 3 amide bonds. The highest BCUT2D eigenvalue weighted by atomic mass is 19.1. The lowest BCUT2D eigenvalue weighted by atomic mass is 9.93. The minimum absolute atomic E-state index is 0.0291. The van der Waals surface area contributed by atoms with E-state index in [0.29, 0.717) is 31.1 Å². The number of anilines is 1. The van der Waals surface area contributed by atoms with Crippen molar-refractivity contribution >= 4 is 17.6 Å². The van der Waals surface area contributed by atoms with Crippen LogP contribution in [-0.4, -0.2) is 36.5 Å². The second kappa shape index (κ2) is 10.0. The predicted octanol–water partition coefficient (Wildman–Crippen LogP) is 3.96. The molecule has 29 heavy (non-hydrogen) atoms. The zero-order chi connectivity index (χ0) is 20.6. The van der Waals surface area contributed by atoms with Crippen molar-refractivity contribution in [2.45, 2.75) is 25.7 Å². The molecule has 0 bridgehead atoms. The highest BCUT2D eigenvalue weighted by Crippen LogP contribution is 2.21. The van der Waals surface area contributed by atoms with E-state index in [0.717, 1.165) is 19.3 Å². The molecule has 0 radical (unpaired) electrons. The van der Waals surface area contributed by atoms with Gasteiger partial charge in [-0.3, -0.25) is 4.79 Å². The van der Waals surface area contributed by atoms with Crippen LogP contribution >= 0.6 is 0 Å². The van der Waals surface area contributed by atoms with Gasteiger partial charge in [-0.05, 0) is 48.9 Å². The number of nitrogens with zero attached hydrogens (tertiary/aromatic N) is 1. The number of para-hydroxylation sites is 1. The number of urea groups is 1. The molecule has 0 atom stereocenters. The minimum atomic E-state index is -0.457. The Hall–Kier alpha value is -2.96. The van der Waals surface area contributed by atoms with Gasteiger partial charge in [-0.1, -0.05) is 30.3 Å². The summed E-state index contributed by atoms with van der Waals surface area (Å²) in [6.45, 7) is 1.71. The zero-order valence-corrected chi connectivity index (χ0v) is 16.2. The van der Waals surface area contributed by atoms with Crippen LogP contribution < -0.4 is 10.6 Å². The van der Waals surface area contributed by atoms with E-state index < -0.39 is 5.82 Å². The Kier molecular flexibility index (Phi) is 7.16. The van der Waals surface area contributed by atoms with Crippen molar-refractivity contribution < 1.29 is 18.4 Å². The summed E-state index contributed by atoms with van der Waals surface area (Å²) in [5.74, 6) is -0.622. The molecule has 7 heteroatoms. The third kappa shape index (κ3) is 6.01. The van der Waals surface area contributed by atoms with Crippen molar-refractivity contribution in [2.75, 3.05) is 25.0 Å². The number of likely N-dealkylation sites (tertiary alicyclic amines) is 1. The van der Waals surface area contributed by atoms with E-state index in [1.807, 2.05) is 0 Å². The fourth-order valence-electron chi connectivity index (χ4n) is 3.47. The van der Waals surface area contributed by atoms with Crippen molar-refractivity contribution in [2.24, 2.45) is 5.92 Å².